The summed E-state index contributed by atoms with van der Waals surface area (Å²) in [5.74, 6) is -0.722. The second-order valence-electron chi connectivity index (χ2n) is 5.55. The monoisotopic (exact) mass is 327 g/mol. The molecule has 5 nitrogen and oxygen atoms in total. The van der Waals surface area contributed by atoms with Crippen molar-refractivity contribution in [3.63, 3.8) is 0 Å². The van der Waals surface area contributed by atoms with Crippen molar-refractivity contribution in [2.24, 2.45) is 0 Å². The molecule has 0 spiro atoms. The van der Waals surface area contributed by atoms with E-state index in [4.69, 9.17) is 9.84 Å². The van der Waals surface area contributed by atoms with E-state index in [1.54, 1.807) is 24.3 Å². The van der Waals surface area contributed by atoms with Crippen LogP contribution in [0, 0.1) is 0 Å². The molecule has 0 heterocycles. The lowest BCUT2D eigenvalue weighted by molar-refractivity contribution is -0.124. The third-order valence-corrected chi connectivity index (χ3v) is 3.68. The molecule has 2 aromatic rings. The smallest absolute Gasteiger partial charge is 0.338 e. The zero-order valence-corrected chi connectivity index (χ0v) is 13.6. The molecule has 0 saturated carbocycles. The minimum Gasteiger partial charge on any atom is -0.452 e. The average molecular weight is 327 g/mol. The fraction of sp³-hybridized carbons (Fsp3) is 0.263. The number of rotatable bonds is 7. The topological polar surface area (TPSA) is 75.6 Å². The third kappa shape index (κ3) is 5.21. The minimum atomic E-state index is -0.564. The summed E-state index contributed by atoms with van der Waals surface area (Å²) in [4.78, 5) is 23.6. The van der Waals surface area contributed by atoms with Gasteiger partial charge in [-0.05, 0) is 29.2 Å². The second-order valence-corrected chi connectivity index (χ2v) is 5.55. The number of aliphatic hydroxyl groups excluding tert-OH is 1. The Bertz CT molecular complexity index is 668. The van der Waals surface area contributed by atoms with E-state index >= 15 is 0 Å². The maximum atomic E-state index is 11.8. The Morgan fingerprint density at radius 3 is 2.38 bits per heavy atom. The maximum absolute atomic E-state index is 11.8. The molecule has 0 aromatic heterocycles. The van der Waals surface area contributed by atoms with Gasteiger partial charge in [-0.25, -0.2) is 4.79 Å². The van der Waals surface area contributed by atoms with Crippen LogP contribution in [0.15, 0.2) is 54.6 Å². The Morgan fingerprint density at radius 1 is 1.08 bits per heavy atom. The van der Waals surface area contributed by atoms with Crippen LogP contribution in [0.1, 0.15) is 34.3 Å². The summed E-state index contributed by atoms with van der Waals surface area (Å²) >= 11 is 0. The van der Waals surface area contributed by atoms with Gasteiger partial charge >= 0.3 is 5.97 Å². The lowest BCUT2D eigenvalue weighted by Crippen LogP contribution is -2.31. The molecule has 0 radical (unpaired) electrons. The molecule has 0 aliphatic carbocycles. The summed E-state index contributed by atoms with van der Waals surface area (Å²) in [7, 11) is 0. The van der Waals surface area contributed by atoms with Gasteiger partial charge in [0, 0.05) is 6.54 Å². The Labute approximate surface area is 141 Å². The van der Waals surface area contributed by atoms with Crippen molar-refractivity contribution in [3.05, 3.63) is 71.3 Å². The van der Waals surface area contributed by atoms with E-state index in [-0.39, 0.29) is 25.0 Å². The first-order valence-corrected chi connectivity index (χ1v) is 7.78. The van der Waals surface area contributed by atoms with Gasteiger partial charge in [-0.15, -0.1) is 0 Å². The van der Waals surface area contributed by atoms with Crippen LogP contribution >= 0.6 is 0 Å². The summed E-state index contributed by atoms with van der Waals surface area (Å²) < 4.78 is 4.99. The van der Waals surface area contributed by atoms with Crippen molar-refractivity contribution < 1.29 is 19.4 Å². The number of esters is 1. The highest BCUT2D eigenvalue weighted by Crippen LogP contribution is 2.12. The molecule has 0 aliphatic rings. The Kier molecular flexibility index (Phi) is 6.51. The second kappa shape index (κ2) is 8.84. The summed E-state index contributed by atoms with van der Waals surface area (Å²) in [5.41, 5.74) is 2.19. The van der Waals surface area contributed by atoms with Crippen molar-refractivity contribution in [1.29, 1.82) is 0 Å². The summed E-state index contributed by atoms with van der Waals surface area (Å²) in [6.45, 7) is 2.09. The molecule has 0 saturated heterocycles. The van der Waals surface area contributed by atoms with Crippen molar-refractivity contribution >= 4 is 11.9 Å². The highest BCUT2D eigenvalue weighted by atomic mass is 16.5. The summed E-state index contributed by atoms with van der Waals surface area (Å²) in [5, 5.41) is 11.7. The predicted molar refractivity (Wildman–Crippen MR) is 90.5 cm³/mol. The average Bonchev–Trinajstić information content (AvgIpc) is 2.64. The number of carbonyl (C=O) groups is 2. The Hall–Kier alpha value is -2.66. The molecule has 1 atom stereocenters. The molecular formula is C19H21NO4. The molecule has 2 aromatic carbocycles. The summed E-state index contributed by atoms with van der Waals surface area (Å²) in [6.07, 6.45) is 0. The highest BCUT2D eigenvalue weighted by Gasteiger charge is 2.11. The minimum absolute atomic E-state index is 0.0860. The van der Waals surface area contributed by atoms with Gasteiger partial charge in [0.05, 0.1) is 12.2 Å². The van der Waals surface area contributed by atoms with Gasteiger partial charge in [0.1, 0.15) is 0 Å². The normalized spacial score (nSPS) is 11.6. The van der Waals surface area contributed by atoms with Gasteiger partial charge in [-0.1, -0.05) is 49.4 Å². The Morgan fingerprint density at radius 2 is 1.75 bits per heavy atom. The van der Waals surface area contributed by atoms with E-state index < -0.39 is 5.97 Å². The number of amides is 1. The number of aliphatic hydroxyl groups is 1. The SMILES string of the molecule is C[C@@H](CNC(=O)COC(=O)c1ccc(CO)cc1)c1ccccc1. The lowest BCUT2D eigenvalue weighted by Gasteiger charge is -2.13. The number of carbonyl (C=O) groups excluding carboxylic acids is 2. The van der Waals surface area contributed by atoms with Gasteiger partial charge < -0.3 is 15.2 Å². The molecular weight excluding hydrogens is 306 g/mol. The van der Waals surface area contributed by atoms with Crippen LogP contribution in [-0.4, -0.2) is 30.1 Å². The van der Waals surface area contributed by atoms with Crippen LogP contribution in [0.5, 0.6) is 0 Å². The van der Waals surface area contributed by atoms with E-state index in [9.17, 15) is 9.59 Å². The van der Waals surface area contributed by atoms with Crippen LogP contribution in [0.25, 0.3) is 0 Å². The van der Waals surface area contributed by atoms with E-state index in [1.165, 1.54) is 0 Å². The molecule has 0 unspecified atom stereocenters. The quantitative estimate of drug-likeness (QED) is 0.765. The zero-order chi connectivity index (χ0) is 17.4. The predicted octanol–water partition coefficient (Wildman–Crippen LogP) is 2.26. The fourth-order valence-corrected chi connectivity index (χ4v) is 2.18. The van der Waals surface area contributed by atoms with Gasteiger partial charge in [0.2, 0.25) is 0 Å². The van der Waals surface area contributed by atoms with Crippen LogP contribution in [0.3, 0.4) is 0 Å². The number of hydrogen-bond acceptors (Lipinski definition) is 4. The number of hydrogen-bond donors (Lipinski definition) is 2. The summed E-state index contributed by atoms with van der Waals surface area (Å²) in [6, 6.07) is 16.3. The van der Waals surface area contributed by atoms with Gasteiger partial charge in [-0.2, -0.15) is 0 Å². The molecule has 0 aliphatic heterocycles. The number of nitrogens with one attached hydrogen (secondary N) is 1. The van der Waals surface area contributed by atoms with Crippen molar-refractivity contribution in [2.45, 2.75) is 19.4 Å². The lowest BCUT2D eigenvalue weighted by atomic mass is 10.0. The molecule has 0 bridgehead atoms. The number of benzene rings is 2. The first-order valence-electron chi connectivity index (χ1n) is 7.78. The fourth-order valence-electron chi connectivity index (χ4n) is 2.18. The third-order valence-electron chi connectivity index (χ3n) is 3.68. The van der Waals surface area contributed by atoms with Crippen molar-refractivity contribution in [1.82, 2.24) is 5.32 Å². The van der Waals surface area contributed by atoms with E-state index in [1.807, 2.05) is 37.3 Å². The largest absolute Gasteiger partial charge is 0.452 e. The van der Waals surface area contributed by atoms with Crippen LogP contribution < -0.4 is 5.32 Å². The van der Waals surface area contributed by atoms with Crippen molar-refractivity contribution in [2.75, 3.05) is 13.2 Å². The molecule has 2 rings (SSSR count). The highest BCUT2D eigenvalue weighted by molar-refractivity contribution is 5.91. The van der Waals surface area contributed by atoms with Gasteiger partial charge in [0.25, 0.3) is 5.91 Å². The van der Waals surface area contributed by atoms with E-state index in [2.05, 4.69) is 5.32 Å². The maximum Gasteiger partial charge on any atom is 0.338 e. The first kappa shape index (κ1) is 17.7. The standard InChI is InChI=1S/C19H21NO4/c1-14(16-5-3-2-4-6-16)11-20-18(22)13-24-19(23)17-9-7-15(12-21)8-10-17/h2-10,14,21H,11-13H2,1H3,(H,20,22)/t14-/m0/s1. The van der Waals surface area contributed by atoms with Crippen molar-refractivity contribution in [3.8, 4) is 0 Å². The molecule has 126 valence electrons. The van der Waals surface area contributed by atoms with Crippen LogP contribution in [0.2, 0.25) is 0 Å². The molecule has 2 N–H and O–H groups in total. The zero-order valence-electron chi connectivity index (χ0n) is 13.6. The van der Waals surface area contributed by atoms with Crippen LogP contribution in [0.4, 0.5) is 0 Å². The van der Waals surface area contributed by atoms with Crippen LogP contribution in [-0.2, 0) is 16.1 Å². The van der Waals surface area contributed by atoms with Gasteiger partial charge in [0.15, 0.2) is 6.61 Å². The molecule has 5 heteroatoms. The molecule has 0 fully saturated rings. The number of ether oxygens (including phenoxy) is 1. The first-order chi connectivity index (χ1) is 11.6. The molecule has 1 amide bonds. The Balaban J connectivity index is 1.75. The van der Waals surface area contributed by atoms with E-state index in [0.717, 1.165) is 5.56 Å². The van der Waals surface area contributed by atoms with E-state index in [0.29, 0.717) is 17.7 Å². The molecule has 24 heavy (non-hydrogen) atoms. The van der Waals surface area contributed by atoms with Gasteiger partial charge in [-0.3, -0.25) is 4.79 Å².